The van der Waals surface area contributed by atoms with Crippen molar-refractivity contribution in [1.82, 2.24) is 20.0 Å². The third kappa shape index (κ3) is 4.67. The average Bonchev–Trinajstić information content (AvgIpc) is 2.57. The Morgan fingerprint density at radius 1 is 1.47 bits per heavy atom. The van der Waals surface area contributed by atoms with Gasteiger partial charge in [-0.25, -0.2) is 0 Å². The number of piperazine rings is 1. The van der Waals surface area contributed by atoms with Crippen molar-refractivity contribution in [2.45, 2.75) is 33.4 Å². The lowest BCUT2D eigenvalue weighted by Crippen LogP contribution is -2.52. The van der Waals surface area contributed by atoms with Crippen molar-refractivity contribution in [1.29, 1.82) is 0 Å². The van der Waals surface area contributed by atoms with Crippen LogP contribution in [0.1, 0.15) is 18.3 Å². The molecule has 2 rings (SSSR count). The Morgan fingerprint density at radius 3 is 2.68 bits per heavy atom. The number of hydrogen-bond acceptors (Lipinski definition) is 3. The van der Waals surface area contributed by atoms with E-state index in [9.17, 15) is 4.79 Å². The van der Waals surface area contributed by atoms with E-state index in [0.717, 1.165) is 31.0 Å². The first kappa shape index (κ1) is 18.2. The number of rotatable bonds is 2. The van der Waals surface area contributed by atoms with Crippen LogP contribution >= 0.6 is 24.8 Å². The maximum atomic E-state index is 12.1. The molecule has 0 saturated carbocycles. The zero-order valence-corrected chi connectivity index (χ0v) is 13.2. The van der Waals surface area contributed by atoms with Crippen LogP contribution in [0.4, 0.5) is 0 Å². The molecule has 1 saturated heterocycles. The fraction of sp³-hybridized carbons (Fsp3) is 0.667. The summed E-state index contributed by atoms with van der Waals surface area (Å²) in [6, 6.07) is 2.38. The number of aryl methyl sites for hydroxylation is 2. The number of hydrogen-bond donors (Lipinski definition) is 1. The van der Waals surface area contributed by atoms with Gasteiger partial charge in [0, 0.05) is 31.4 Å². The first-order chi connectivity index (χ1) is 8.06. The van der Waals surface area contributed by atoms with Crippen molar-refractivity contribution >= 4 is 30.7 Å². The lowest BCUT2D eigenvalue weighted by molar-refractivity contribution is -0.133. The van der Waals surface area contributed by atoms with Gasteiger partial charge in [-0.3, -0.25) is 9.48 Å². The maximum absolute atomic E-state index is 12.1. The molecule has 0 unspecified atom stereocenters. The van der Waals surface area contributed by atoms with Crippen LogP contribution < -0.4 is 5.32 Å². The van der Waals surface area contributed by atoms with Crippen LogP contribution in [0.25, 0.3) is 0 Å². The molecule has 0 spiro atoms. The first-order valence-corrected chi connectivity index (χ1v) is 6.08. The van der Waals surface area contributed by atoms with Gasteiger partial charge >= 0.3 is 0 Å². The lowest BCUT2D eigenvalue weighted by Gasteiger charge is -2.32. The van der Waals surface area contributed by atoms with E-state index in [1.165, 1.54) is 0 Å². The molecule has 5 nitrogen and oxygen atoms in total. The molecule has 0 aromatic carbocycles. The lowest BCUT2D eigenvalue weighted by atomic mass is 10.2. The topological polar surface area (TPSA) is 50.2 Å². The molecule has 1 aromatic heterocycles. The number of amides is 1. The second-order valence-corrected chi connectivity index (χ2v) is 4.78. The molecule has 0 radical (unpaired) electrons. The summed E-state index contributed by atoms with van der Waals surface area (Å²) in [6.45, 7) is 8.84. The minimum absolute atomic E-state index is 0. The average molecular weight is 309 g/mol. The number of nitrogens with zero attached hydrogens (tertiary/aromatic N) is 3. The Bertz CT molecular complexity index is 422. The van der Waals surface area contributed by atoms with Crippen LogP contribution in [0.3, 0.4) is 0 Å². The fourth-order valence-electron chi connectivity index (χ4n) is 2.22. The molecule has 7 heteroatoms. The van der Waals surface area contributed by atoms with Gasteiger partial charge in [-0.1, -0.05) is 0 Å². The Balaban J connectivity index is 0.00000162. The molecule has 0 bridgehead atoms. The Kier molecular flexibility index (Phi) is 7.41. The summed E-state index contributed by atoms with van der Waals surface area (Å²) in [7, 11) is 0. The summed E-state index contributed by atoms with van der Waals surface area (Å²) in [5.41, 5.74) is 2.00. The highest BCUT2D eigenvalue weighted by molar-refractivity contribution is 5.85. The molecule has 2 heterocycles. The van der Waals surface area contributed by atoms with E-state index in [1.54, 1.807) is 4.68 Å². The minimum atomic E-state index is 0. The quantitative estimate of drug-likeness (QED) is 0.892. The second-order valence-electron chi connectivity index (χ2n) is 4.78. The first-order valence-electron chi connectivity index (χ1n) is 6.08. The largest absolute Gasteiger partial charge is 0.338 e. The van der Waals surface area contributed by atoms with Gasteiger partial charge in [0.25, 0.3) is 0 Å². The molecule has 1 atom stereocenters. The predicted molar refractivity (Wildman–Crippen MR) is 80.2 cm³/mol. The highest BCUT2D eigenvalue weighted by atomic mass is 35.5. The van der Waals surface area contributed by atoms with Gasteiger partial charge in [0.15, 0.2) is 0 Å². The third-order valence-corrected chi connectivity index (χ3v) is 3.11. The number of carbonyl (C=O) groups is 1. The van der Waals surface area contributed by atoms with Gasteiger partial charge in [-0.2, -0.15) is 5.10 Å². The highest BCUT2D eigenvalue weighted by Crippen LogP contribution is 2.05. The molecule has 1 amide bonds. The van der Waals surface area contributed by atoms with Gasteiger partial charge in [-0.15, -0.1) is 24.8 Å². The molecular weight excluding hydrogens is 287 g/mol. The highest BCUT2D eigenvalue weighted by Gasteiger charge is 2.21. The van der Waals surface area contributed by atoms with Gasteiger partial charge < -0.3 is 10.2 Å². The minimum Gasteiger partial charge on any atom is -0.338 e. The summed E-state index contributed by atoms with van der Waals surface area (Å²) >= 11 is 0. The Labute approximate surface area is 126 Å². The zero-order chi connectivity index (χ0) is 12.4. The molecule has 1 aromatic rings. The SMILES string of the molecule is Cc1cc(C)n(CC(=O)N2CCN[C@@H](C)C2)n1.Cl.Cl. The van der Waals surface area contributed by atoms with Crippen LogP contribution in [0.5, 0.6) is 0 Å². The number of carbonyl (C=O) groups excluding carboxylic acids is 1. The Hall–Kier alpha value is -0.780. The van der Waals surface area contributed by atoms with E-state index in [0.29, 0.717) is 12.6 Å². The van der Waals surface area contributed by atoms with Crippen molar-refractivity contribution in [3.05, 3.63) is 17.5 Å². The third-order valence-electron chi connectivity index (χ3n) is 3.11. The van der Waals surface area contributed by atoms with E-state index in [2.05, 4.69) is 17.3 Å². The normalized spacial score (nSPS) is 18.5. The van der Waals surface area contributed by atoms with Crippen LogP contribution in [-0.4, -0.2) is 46.3 Å². The molecule has 1 aliphatic rings. The van der Waals surface area contributed by atoms with Crippen molar-refractivity contribution in [3.8, 4) is 0 Å². The molecule has 1 N–H and O–H groups in total. The summed E-state index contributed by atoms with van der Waals surface area (Å²) in [5, 5.41) is 7.65. The number of aromatic nitrogens is 2. The monoisotopic (exact) mass is 308 g/mol. The maximum Gasteiger partial charge on any atom is 0.244 e. The molecule has 1 fully saturated rings. The fourth-order valence-corrected chi connectivity index (χ4v) is 2.22. The predicted octanol–water partition coefficient (Wildman–Crippen LogP) is 1.16. The number of nitrogens with one attached hydrogen (secondary N) is 1. The molecule has 19 heavy (non-hydrogen) atoms. The van der Waals surface area contributed by atoms with E-state index in [-0.39, 0.29) is 30.7 Å². The van der Waals surface area contributed by atoms with E-state index in [1.807, 2.05) is 24.8 Å². The van der Waals surface area contributed by atoms with Gasteiger partial charge in [0.05, 0.1) is 5.69 Å². The molecule has 0 aliphatic carbocycles. The van der Waals surface area contributed by atoms with Gasteiger partial charge in [0.2, 0.25) is 5.91 Å². The Morgan fingerprint density at radius 2 is 2.16 bits per heavy atom. The van der Waals surface area contributed by atoms with E-state index < -0.39 is 0 Å². The van der Waals surface area contributed by atoms with Crippen molar-refractivity contribution in [3.63, 3.8) is 0 Å². The van der Waals surface area contributed by atoms with E-state index in [4.69, 9.17) is 0 Å². The van der Waals surface area contributed by atoms with Crippen LogP contribution in [0.2, 0.25) is 0 Å². The zero-order valence-electron chi connectivity index (χ0n) is 11.5. The van der Waals surface area contributed by atoms with E-state index >= 15 is 0 Å². The van der Waals surface area contributed by atoms with Gasteiger partial charge in [0.1, 0.15) is 6.54 Å². The molecular formula is C12H22Cl2N4O. The summed E-state index contributed by atoms with van der Waals surface area (Å²) < 4.78 is 1.78. The van der Waals surface area contributed by atoms with Crippen LogP contribution in [-0.2, 0) is 11.3 Å². The number of halogens is 2. The second kappa shape index (κ2) is 7.72. The van der Waals surface area contributed by atoms with Gasteiger partial charge in [-0.05, 0) is 26.8 Å². The summed E-state index contributed by atoms with van der Waals surface area (Å²) in [5.74, 6) is 0.157. The van der Waals surface area contributed by atoms with Crippen molar-refractivity contribution < 1.29 is 4.79 Å². The van der Waals surface area contributed by atoms with Crippen LogP contribution in [0.15, 0.2) is 6.07 Å². The molecule has 1 aliphatic heterocycles. The molecule has 110 valence electrons. The van der Waals surface area contributed by atoms with Crippen LogP contribution in [0, 0.1) is 13.8 Å². The standard InChI is InChI=1S/C12H20N4O.2ClH/c1-9-6-11(3)16(14-9)8-12(17)15-5-4-13-10(2)7-15;;/h6,10,13H,4-5,7-8H2,1-3H3;2*1H/t10-;;/m0../s1. The van der Waals surface area contributed by atoms with Crippen molar-refractivity contribution in [2.24, 2.45) is 0 Å². The summed E-state index contributed by atoms with van der Waals surface area (Å²) in [6.07, 6.45) is 0. The smallest absolute Gasteiger partial charge is 0.244 e. The summed E-state index contributed by atoms with van der Waals surface area (Å²) in [4.78, 5) is 14.0. The van der Waals surface area contributed by atoms with Crippen molar-refractivity contribution in [2.75, 3.05) is 19.6 Å².